The quantitative estimate of drug-likeness (QED) is 0.765. The Labute approximate surface area is 108 Å². The lowest BCUT2D eigenvalue weighted by atomic mass is 9.92. The normalized spacial score (nSPS) is 29.6. The average molecular weight is 253 g/mol. The van der Waals surface area contributed by atoms with E-state index in [0.29, 0.717) is 6.54 Å². The first-order valence-corrected chi connectivity index (χ1v) is 6.87. The van der Waals surface area contributed by atoms with E-state index in [0.717, 1.165) is 38.8 Å². The van der Waals surface area contributed by atoms with Crippen LogP contribution in [0.15, 0.2) is 0 Å². The van der Waals surface area contributed by atoms with E-state index in [1.165, 1.54) is 0 Å². The molecule has 1 unspecified atom stereocenters. The monoisotopic (exact) mass is 253 g/mol. The molecule has 0 spiro atoms. The second-order valence-electron chi connectivity index (χ2n) is 5.36. The van der Waals surface area contributed by atoms with Gasteiger partial charge in [0.05, 0.1) is 12.1 Å². The fourth-order valence-corrected chi connectivity index (χ4v) is 2.90. The first-order chi connectivity index (χ1) is 8.59. The summed E-state index contributed by atoms with van der Waals surface area (Å²) in [7, 11) is 1.81. The highest BCUT2D eigenvalue weighted by Gasteiger charge is 2.42. The van der Waals surface area contributed by atoms with Crippen LogP contribution < -0.4 is 5.32 Å². The Kier molecular flexibility index (Phi) is 3.90. The molecule has 0 aromatic rings. The summed E-state index contributed by atoms with van der Waals surface area (Å²) < 4.78 is 0. The minimum Gasteiger partial charge on any atom is -0.344 e. The van der Waals surface area contributed by atoms with Crippen LogP contribution in [0.3, 0.4) is 0 Å². The van der Waals surface area contributed by atoms with Crippen LogP contribution in [-0.4, -0.2) is 60.4 Å². The lowest BCUT2D eigenvalue weighted by Gasteiger charge is -2.33. The fourth-order valence-electron chi connectivity index (χ4n) is 2.90. The van der Waals surface area contributed by atoms with Crippen molar-refractivity contribution in [2.45, 2.75) is 38.1 Å². The van der Waals surface area contributed by atoms with Crippen molar-refractivity contribution in [1.82, 2.24) is 15.1 Å². The number of carbonyl (C=O) groups is 2. The van der Waals surface area contributed by atoms with Gasteiger partial charge in [0, 0.05) is 20.1 Å². The molecule has 102 valence electrons. The van der Waals surface area contributed by atoms with E-state index in [4.69, 9.17) is 0 Å². The molecule has 1 atom stereocenters. The maximum atomic E-state index is 12.7. The Morgan fingerprint density at radius 2 is 2.17 bits per heavy atom. The first-order valence-electron chi connectivity index (χ1n) is 6.87. The van der Waals surface area contributed by atoms with Crippen LogP contribution >= 0.6 is 0 Å². The van der Waals surface area contributed by atoms with Crippen LogP contribution in [0, 0.1) is 0 Å². The highest BCUT2D eigenvalue weighted by Crippen LogP contribution is 2.26. The van der Waals surface area contributed by atoms with E-state index >= 15 is 0 Å². The second-order valence-corrected chi connectivity index (χ2v) is 5.36. The molecule has 18 heavy (non-hydrogen) atoms. The van der Waals surface area contributed by atoms with E-state index in [-0.39, 0.29) is 18.4 Å². The Hall–Kier alpha value is -1.10. The summed E-state index contributed by atoms with van der Waals surface area (Å²) in [6.45, 7) is 4.62. The molecule has 0 aromatic carbocycles. The molecule has 2 rings (SSSR count). The number of rotatable bonds is 2. The van der Waals surface area contributed by atoms with Gasteiger partial charge in [-0.15, -0.1) is 0 Å². The summed E-state index contributed by atoms with van der Waals surface area (Å²) in [6.07, 6.45) is 3.60. The second kappa shape index (κ2) is 5.26. The van der Waals surface area contributed by atoms with Crippen molar-refractivity contribution in [3.05, 3.63) is 0 Å². The number of hydrogen-bond donors (Lipinski definition) is 1. The van der Waals surface area contributed by atoms with Gasteiger partial charge < -0.3 is 15.1 Å². The van der Waals surface area contributed by atoms with E-state index in [9.17, 15) is 9.59 Å². The van der Waals surface area contributed by atoms with Gasteiger partial charge in [0.15, 0.2) is 0 Å². The van der Waals surface area contributed by atoms with Gasteiger partial charge in [-0.1, -0.05) is 6.92 Å². The van der Waals surface area contributed by atoms with Crippen molar-refractivity contribution in [3.8, 4) is 0 Å². The Balaban J connectivity index is 2.10. The number of amides is 2. The third-order valence-electron chi connectivity index (χ3n) is 4.22. The lowest BCUT2D eigenvalue weighted by molar-refractivity contribution is -0.142. The van der Waals surface area contributed by atoms with E-state index < -0.39 is 5.54 Å². The molecule has 0 radical (unpaired) electrons. The lowest BCUT2D eigenvalue weighted by Crippen LogP contribution is -2.55. The predicted molar refractivity (Wildman–Crippen MR) is 69.1 cm³/mol. The van der Waals surface area contributed by atoms with Crippen LogP contribution in [-0.2, 0) is 9.59 Å². The van der Waals surface area contributed by atoms with Crippen LogP contribution in [0.5, 0.6) is 0 Å². The molecule has 2 saturated heterocycles. The van der Waals surface area contributed by atoms with Crippen molar-refractivity contribution in [3.63, 3.8) is 0 Å². The standard InChI is InChI=1S/C13H23N3O2/c1-3-13(6-4-7-14-13)12(18)16-9-5-8-15(2)11(17)10-16/h14H,3-10H2,1-2H3. The highest BCUT2D eigenvalue weighted by molar-refractivity contribution is 5.90. The summed E-state index contributed by atoms with van der Waals surface area (Å²) in [5, 5.41) is 3.35. The van der Waals surface area contributed by atoms with Gasteiger partial charge in [0.1, 0.15) is 0 Å². The van der Waals surface area contributed by atoms with Gasteiger partial charge in [0.2, 0.25) is 11.8 Å². The van der Waals surface area contributed by atoms with E-state index in [2.05, 4.69) is 5.32 Å². The highest BCUT2D eigenvalue weighted by atomic mass is 16.2. The largest absolute Gasteiger partial charge is 0.344 e. The Bertz CT molecular complexity index is 337. The van der Waals surface area contributed by atoms with Crippen molar-refractivity contribution in [2.24, 2.45) is 0 Å². The molecule has 0 aromatic heterocycles. The third kappa shape index (κ3) is 2.36. The van der Waals surface area contributed by atoms with Gasteiger partial charge in [-0.05, 0) is 32.2 Å². The summed E-state index contributed by atoms with van der Waals surface area (Å²) in [6, 6.07) is 0. The van der Waals surface area contributed by atoms with Gasteiger partial charge in [-0.25, -0.2) is 0 Å². The number of nitrogens with one attached hydrogen (secondary N) is 1. The minimum absolute atomic E-state index is 0.0464. The van der Waals surface area contributed by atoms with E-state index in [1.54, 1.807) is 16.8 Å². The minimum atomic E-state index is -0.414. The van der Waals surface area contributed by atoms with Gasteiger partial charge in [-0.2, -0.15) is 0 Å². The van der Waals surface area contributed by atoms with Crippen LogP contribution in [0.25, 0.3) is 0 Å². The predicted octanol–water partition coefficient (Wildman–Crippen LogP) is 0.209. The summed E-state index contributed by atoms with van der Waals surface area (Å²) in [5.74, 6) is 0.163. The maximum absolute atomic E-state index is 12.7. The number of nitrogens with zero attached hydrogens (tertiary/aromatic N) is 2. The van der Waals surface area contributed by atoms with Gasteiger partial charge in [0.25, 0.3) is 0 Å². The molecule has 2 amide bonds. The topological polar surface area (TPSA) is 52.7 Å². The average Bonchev–Trinajstić information content (AvgIpc) is 2.79. The zero-order valence-electron chi connectivity index (χ0n) is 11.4. The maximum Gasteiger partial charge on any atom is 0.243 e. The molecule has 2 aliphatic rings. The number of likely N-dealkylation sites (N-methyl/N-ethyl adjacent to an activating group) is 1. The molecule has 2 heterocycles. The van der Waals surface area contributed by atoms with Crippen LogP contribution in [0.1, 0.15) is 32.6 Å². The Morgan fingerprint density at radius 3 is 2.78 bits per heavy atom. The van der Waals surface area contributed by atoms with Crippen LogP contribution in [0.2, 0.25) is 0 Å². The molecular formula is C13H23N3O2. The fraction of sp³-hybridized carbons (Fsp3) is 0.846. The molecule has 0 saturated carbocycles. The first kappa shape index (κ1) is 13.3. The zero-order chi connectivity index (χ0) is 13.2. The van der Waals surface area contributed by atoms with Crippen molar-refractivity contribution in [2.75, 3.05) is 33.2 Å². The number of hydrogen-bond acceptors (Lipinski definition) is 3. The summed E-state index contributed by atoms with van der Waals surface area (Å²) in [4.78, 5) is 28.0. The molecule has 1 N–H and O–H groups in total. The molecule has 5 heteroatoms. The number of carbonyl (C=O) groups excluding carboxylic acids is 2. The van der Waals surface area contributed by atoms with E-state index in [1.807, 2.05) is 6.92 Å². The van der Waals surface area contributed by atoms with Crippen LogP contribution in [0.4, 0.5) is 0 Å². The molecular weight excluding hydrogens is 230 g/mol. The molecule has 2 aliphatic heterocycles. The molecule has 5 nitrogen and oxygen atoms in total. The zero-order valence-corrected chi connectivity index (χ0v) is 11.4. The summed E-state index contributed by atoms with van der Waals surface area (Å²) in [5.41, 5.74) is -0.414. The molecule has 2 fully saturated rings. The van der Waals surface area contributed by atoms with Gasteiger partial charge in [-0.3, -0.25) is 9.59 Å². The SMILES string of the molecule is CCC1(C(=O)N2CCCN(C)C(=O)C2)CCCN1. The molecule has 0 aliphatic carbocycles. The molecule has 0 bridgehead atoms. The van der Waals surface area contributed by atoms with Gasteiger partial charge >= 0.3 is 0 Å². The smallest absolute Gasteiger partial charge is 0.243 e. The summed E-state index contributed by atoms with van der Waals surface area (Å²) >= 11 is 0. The van der Waals surface area contributed by atoms with Crippen molar-refractivity contribution in [1.29, 1.82) is 0 Å². The van der Waals surface area contributed by atoms with Crippen molar-refractivity contribution < 1.29 is 9.59 Å². The third-order valence-corrected chi connectivity index (χ3v) is 4.22. The van der Waals surface area contributed by atoms with Crippen molar-refractivity contribution >= 4 is 11.8 Å². The Morgan fingerprint density at radius 1 is 1.39 bits per heavy atom.